The third-order valence-electron chi connectivity index (χ3n) is 6.08. The smallest absolute Gasteiger partial charge is 0.243 e. The predicted molar refractivity (Wildman–Crippen MR) is 130 cm³/mol. The maximum atomic E-state index is 13.4. The van der Waals surface area contributed by atoms with Crippen LogP contribution in [-0.4, -0.2) is 65.8 Å². The van der Waals surface area contributed by atoms with Gasteiger partial charge in [0.05, 0.1) is 31.1 Å². The minimum absolute atomic E-state index is 0.0192. The number of ether oxygens (including phenoxy) is 3. The summed E-state index contributed by atoms with van der Waals surface area (Å²) in [5.74, 6) is 1.28. The average molecular weight is 523 g/mol. The fourth-order valence-electron chi connectivity index (χ4n) is 3.89. The van der Waals surface area contributed by atoms with Crippen LogP contribution in [0.15, 0.2) is 30.6 Å². The molecule has 188 valence electrons. The Kier molecular flexibility index (Phi) is 7.43. The van der Waals surface area contributed by atoms with E-state index in [1.54, 1.807) is 36.6 Å². The van der Waals surface area contributed by atoms with Crippen LogP contribution in [0.1, 0.15) is 43.8 Å². The molecule has 1 unspecified atom stereocenters. The molecule has 11 nitrogen and oxygen atoms in total. The van der Waals surface area contributed by atoms with E-state index in [0.717, 1.165) is 6.42 Å². The van der Waals surface area contributed by atoms with Crippen molar-refractivity contribution < 1.29 is 22.6 Å². The van der Waals surface area contributed by atoms with Gasteiger partial charge in [-0.2, -0.15) is 0 Å². The van der Waals surface area contributed by atoms with Gasteiger partial charge in [-0.1, -0.05) is 24.6 Å². The van der Waals surface area contributed by atoms with Crippen molar-refractivity contribution in [2.24, 2.45) is 0 Å². The molecule has 3 aromatic rings. The number of hydrogen-bond acceptors (Lipinski definition) is 9. The Labute approximate surface area is 208 Å². The van der Waals surface area contributed by atoms with Gasteiger partial charge in [0.15, 0.2) is 0 Å². The number of rotatable bonds is 9. The van der Waals surface area contributed by atoms with Crippen molar-refractivity contribution >= 4 is 27.6 Å². The molecule has 2 aromatic heterocycles. The number of methoxy groups -OCH3 is 2. The predicted octanol–water partition coefficient (Wildman–Crippen LogP) is 3.17. The van der Waals surface area contributed by atoms with E-state index >= 15 is 0 Å². The highest BCUT2D eigenvalue weighted by atomic mass is 35.5. The highest BCUT2D eigenvalue weighted by Crippen LogP contribution is 2.38. The van der Waals surface area contributed by atoms with Crippen LogP contribution in [0.25, 0.3) is 5.69 Å². The summed E-state index contributed by atoms with van der Waals surface area (Å²) in [7, 11) is -0.893. The molecule has 35 heavy (non-hydrogen) atoms. The Hall–Kier alpha value is -2.96. The molecule has 1 aromatic carbocycles. The quantitative estimate of drug-likeness (QED) is 0.450. The van der Waals surface area contributed by atoms with Crippen LogP contribution in [-0.2, 0) is 14.8 Å². The van der Waals surface area contributed by atoms with Crippen molar-refractivity contribution in [1.82, 2.24) is 24.7 Å². The lowest BCUT2D eigenvalue weighted by molar-refractivity contribution is 0.193. The van der Waals surface area contributed by atoms with Gasteiger partial charge >= 0.3 is 0 Å². The number of hydrogen-bond donors (Lipinski definition) is 1. The van der Waals surface area contributed by atoms with E-state index in [0.29, 0.717) is 47.1 Å². The molecule has 0 radical (unpaired) electrons. The van der Waals surface area contributed by atoms with E-state index in [1.807, 2.05) is 0 Å². The van der Waals surface area contributed by atoms with E-state index in [4.69, 9.17) is 25.8 Å². The molecule has 1 saturated heterocycles. The van der Waals surface area contributed by atoms with E-state index < -0.39 is 21.2 Å². The average Bonchev–Trinajstić information content (AvgIpc) is 3.52. The summed E-state index contributed by atoms with van der Waals surface area (Å²) in [6, 6.07) is 5.30. The van der Waals surface area contributed by atoms with Crippen molar-refractivity contribution in [3.8, 4) is 17.2 Å². The molecule has 13 heteroatoms. The molecule has 4 rings (SSSR count). The maximum absolute atomic E-state index is 13.4. The molecule has 1 fully saturated rings. The van der Waals surface area contributed by atoms with E-state index in [1.165, 1.54) is 26.6 Å². The topological polar surface area (TPSA) is 130 Å². The zero-order valence-corrected chi connectivity index (χ0v) is 21.4. The van der Waals surface area contributed by atoms with Crippen molar-refractivity contribution in [2.75, 3.05) is 32.2 Å². The van der Waals surface area contributed by atoms with Crippen LogP contribution < -0.4 is 14.2 Å². The standard InChI is InChI=1S/C22H27ClN6O5S/c1-13(20-24-10-16(23)11-25-20)14(2)35(30,31)28-22-27-26-21(15-8-9-34-12-15)29(22)19-17(32-3)6-5-7-18(19)33-4/h5-7,10-11,13-15H,8-9,12H2,1-4H3,(H,27,28)/t13-,14-,15?/m0/s1. The number of nitrogens with one attached hydrogen (secondary N) is 1. The molecule has 3 atom stereocenters. The van der Waals surface area contributed by atoms with Crippen LogP contribution in [0.2, 0.25) is 5.02 Å². The van der Waals surface area contributed by atoms with Crippen molar-refractivity contribution in [1.29, 1.82) is 0 Å². The number of para-hydroxylation sites is 1. The molecule has 0 spiro atoms. The Morgan fingerprint density at radius 2 is 1.80 bits per heavy atom. The summed E-state index contributed by atoms with van der Waals surface area (Å²) in [6.45, 7) is 4.35. The number of halogens is 1. The minimum Gasteiger partial charge on any atom is -0.494 e. The lowest BCUT2D eigenvalue weighted by atomic mass is 10.1. The first-order valence-electron chi connectivity index (χ1n) is 11.0. The third kappa shape index (κ3) is 5.04. The first kappa shape index (κ1) is 25.1. The molecular weight excluding hydrogens is 496 g/mol. The summed E-state index contributed by atoms with van der Waals surface area (Å²) >= 11 is 5.87. The second kappa shape index (κ2) is 10.3. The molecule has 0 saturated carbocycles. The van der Waals surface area contributed by atoms with Crippen LogP contribution in [0.5, 0.6) is 11.5 Å². The van der Waals surface area contributed by atoms with Gasteiger partial charge in [0.25, 0.3) is 0 Å². The van der Waals surface area contributed by atoms with Crippen molar-refractivity contribution in [3.05, 3.63) is 47.3 Å². The van der Waals surface area contributed by atoms with Gasteiger partial charge < -0.3 is 14.2 Å². The minimum atomic E-state index is -3.95. The van der Waals surface area contributed by atoms with Crippen LogP contribution in [0, 0.1) is 0 Å². The lowest BCUT2D eigenvalue weighted by Gasteiger charge is -2.22. The molecule has 3 heterocycles. The number of aromatic nitrogens is 5. The van der Waals surface area contributed by atoms with E-state index in [-0.39, 0.29) is 11.9 Å². The van der Waals surface area contributed by atoms with E-state index in [9.17, 15) is 8.42 Å². The van der Waals surface area contributed by atoms with Gasteiger partial charge in [0, 0.05) is 30.8 Å². The van der Waals surface area contributed by atoms with Gasteiger partial charge in [-0.15, -0.1) is 10.2 Å². The van der Waals surface area contributed by atoms with Gasteiger partial charge in [-0.3, -0.25) is 9.29 Å². The number of sulfonamides is 1. The lowest BCUT2D eigenvalue weighted by Crippen LogP contribution is -2.31. The number of anilines is 1. The second-order valence-corrected chi connectivity index (χ2v) is 10.7. The third-order valence-corrected chi connectivity index (χ3v) is 8.13. The van der Waals surface area contributed by atoms with Crippen LogP contribution >= 0.6 is 11.6 Å². The molecule has 1 aliphatic rings. The molecule has 1 N–H and O–H groups in total. The van der Waals surface area contributed by atoms with Gasteiger partial charge in [-0.05, 0) is 25.5 Å². The number of nitrogens with zero attached hydrogens (tertiary/aromatic N) is 5. The van der Waals surface area contributed by atoms with Crippen LogP contribution in [0.4, 0.5) is 5.95 Å². The zero-order valence-electron chi connectivity index (χ0n) is 19.8. The highest BCUT2D eigenvalue weighted by molar-refractivity contribution is 7.93. The van der Waals surface area contributed by atoms with Crippen molar-refractivity contribution in [2.45, 2.75) is 37.4 Å². The Balaban J connectivity index is 1.76. The fraction of sp³-hybridized carbons (Fsp3) is 0.455. The van der Waals surface area contributed by atoms with Gasteiger partial charge in [-0.25, -0.2) is 18.4 Å². The molecule has 0 aliphatic carbocycles. The SMILES string of the molecule is COc1cccc(OC)c1-n1c(NS(=O)(=O)[C@@H](C)[C@H](C)c2ncc(Cl)cn2)nnc1C1CCOC1. The number of benzene rings is 1. The summed E-state index contributed by atoms with van der Waals surface area (Å²) in [6.07, 6.45) is 3.60. The Morgan fingerprint density at radius 3 is 2.37 bits per heavy atom. The van der Waals surface area contributed by atoms with Gasteiger partial charge in [0.2, 0.25) is 16.0 Å². The first-order valence-corrected chi connectivity index (χ1v) is 12.9. The Morgan fingerprint density at radius 1 is 1.14 bits per heavy atom. The molecule has 1 aliphatic heterocycles. The van der Waals surface area contributed by atoms with E-state index in [2.05, 4.69) is 24.9 Å². The highest BCUT2D eigenvalue weighted by Gasteiger charge is 2.34. The summed E-state index contributed by atoms with van der Waals surface area (Å²) in [5.41, 5.74) is 0.490. The fourth-order valence-corrected chi connectivity index (χ4v) is 5.22. The first-order chi connectivity index (χ1) is 16.8. The van der Waals surface area contributed by atoms with Gasteiger partial charge in [0.1, 0.15) is 28.8 Å². The normalized spacial score (nSPS) is 17.7. The monoisotopic (exact) mass is 522 g/mol. The largest absolute Gasteiger partial charge is 0.494 e. The molecule has 0 bridgehead atoms. The summed E-state index contributed by atoms with van der Waals surface area (Å²) in [5, 5.41) is 8.02. The summed E-state index contributed by atoms with van der Waals surface area (Å²) < 4.78 is 47.8. The summed E-state index contributed by atoms with van der Waals surface area (Å²) in [4.78, 5) is 8.34. The van der Waals surface area contributed by atoms with Crippen molar-refractivity contribution in [3.63, 3.8) is 0 Å². The Bertz CT molecular complexity index is 1260. The maximum Gasteiger partial charge on any atom is 0.243 e. The zero-order chi connectivity index (χ0) is 25.2. The molecular formula is C22H27ClN6O5S. The second-order valence-electron chi connectivity index (χ2n) is 8.19. The molecule has 0 amide bonds. The van der Waals surface area contributed by atoms with Crippen LogP contribution in [0.3, 0.4) is 0 Å².